The molecule has 0 unspecified atom stereocenters. The first-order valence-electron chi connectivity index (χ1n) is 6.91. The minimum atomic E-state index is -0.711. The third-order valence-electron chi connectivity index (χ3n) is 3.30. The fraction of sp³-hybridized carbons (Fsp3) is 0.333. The van der Waals surface area contributed by atoms with E-state index < -0.39 is 10.5 Å². The molecule has 1 heterocycles. The third kappa shape index (κ3) is 2.98. The summed E-state index contributed by atoms with van der Waals surface area (Å²) < 4.78 is 5.12. The van der Waals surface area contributed by atoms with E-state index >= 15 is 0 Å². The van der Waals surface area contributed by atoms with Gasteiger partial charge in [-0.3, -0.25) is 15.1 Å². The highest BCUT2D eigenvalue weighted by Gasteiger charge is 2.18. The molecule has 22 heavy (non-hydrogen) atoms. The molecular weight excluding hydrogens is 288 g/mol. The van der Waals surface area contributed by atoms with Crippen LogP contribution in [0.4, 0.5) is 5.69 Å². The maximum Gasteiger partial charge on any atom is 0.349 e. The number of hydrogen-bond acceptors (Lipinski definition) is 6. The number of rotatable bonds is 5. The second kappa shape index (κ2) is 6.38. The second-order valence-corrected chi connectivity index (χ2v) is 4.87. The molecule has 1 N–H and O–H groups in total. The molecule has 2 aromatic rings. The van der Waals surface area contributed by atoms with E-state index in [1.165, 1.54) is 18.2 Å². The third-order valence-corrected chi connectivity index (χ3v) is 3.30. The van der Waals surface area contributed by atoms with E-state index in [4.69, 9.17) is 4.42 Å². The summed E-state index contributed by atoms with van der Waals surface area (Å²) in [6.07, 6.45) is 1.82. The van der Waals surface area contributed by atoms with E-state index in [1.807, 2.05) is 6.92 Å². The molecule has 0 aliphatic heterocycles. The number of non-ortho nitro benzene ring substituents is 1. The van der Waals surface area contributed by atoms with Gasteiger partial charge in [-0.1, -0.05) is 13.3 Å². The molecule has 0 atom stereocenters. The summed E-state index contributed by atoms with van der Waals surface area (Å²) in [6.45, 7) is 4.16. The summed E-state index contributed by atoms with van der Waals surface area (Å²) in [5, 5.41) is 21.2. The molecule has 0 fully saturated rings. The number of hydrogen-bond donors (Lipinski definition) is 1. The highest BCUT2D eigenvalue weighted by Crippen LogP contribution is 2.29. The van der Waals surface area contributed by atoms with Gasteiger partial charge in [0.05, 0.1) is 16.0 Å². The Morgan fingerprint density at radius 2 is 2.18 bits per heavy atom. The summed E-state index contributed by atoms with van der Waals surface area (Å²) in [5.41, 5.74) is -0.504. The lowest BCUT2D eigenvalue weighted by atomic mass is 10.1. The first-order valence-corrected chi connectivity index (χ1v) is 6.91. The topological polar surface area (TPSA) is 106 Å². The van der Waals surface area contributed by atoms with E-state index in [1.54, 1.807) is 6.92 Å². The van der Waals surface area contributed by atoms with Crippen LogP contribution in [0.1, 0.15) is 32.3 Å². The SMILES string of the molecule is CCCCN=C(C)c1c(O)c2cc([N+](=O)[O-])ccc2oc1=O. The minimum absolute atomic E-state index is 0.0518. The van der Waals surface area contributed by atoms with Gasteiger partial charge in [-0.15, -0.1) is 0 Å². The number of benzene rings is 1. The number of unbranched alkanes of at least 4 members (excludes halogenated alkanes) is 1. The monoisotopic (exact) mass is 304 g/mol. The summed E-state index contributed by atoms with van der Waals surface area (Å²) in [5.74, 6) is -0.340. The van der Waals surface area contributed by atoms with Crippen molar-refractivity contribution in [3.05, 3.63) is 44.3 Å². The summed E-state index contributed by atoms with van der Waals surface area (Å²) in [4.78, 5) is 26.5. The van der Waals surface area contributed by atoms with Crippen molar-refractivity contribution in [2.45, 2.75) is 26.7 Å². The van der Waals surface area contributed by atoms with E-state index in [9.17, 15) is 20.0 Å². The van der Waals surface area contributed by atoms with Crippen molar-refractivity contribution in [1.29, 1.82) is 0 Å². The molecule has 0 spiro atoms. The summed E-state index contributed by atoms with van der Waals surface area (Å²) in [7, 11) is 0. The van der Waals surface area contributed by atoms with Gasteiger partial charge in [0.2, 0.25) is 0 Å². The molecule has 7 nitrogen and oxygen atoms in total. The lowest BCUT2D eigenvalue weighted by Crippen LogP contribution is -2.13. The van der Waals surface area contributed by atoms with Crippen LogP contribution in [-0.2, 0) is 0 Å². The average molecular weight is 304 g/mol. The Labute approximate surface area is 126 Å². The smallest absolute Gasteiger partial charge is 0.349 e. The van der Waals surface area contributed by atoms with Gasteiger partial charge in [-0.2, -0.15) is 0 Å². The van der Waals surface area contributed by atoms with Gasteiger partial charge >= 0.3 is 5.63 Å². The molecule has 116 valence electrons. The van der Waals surface area contributed by atoms with E-state index in [0.29, 0.717) is 12.3 Å². The number of nitrogens with zero attached hydrogens (tertiary/aromatic N) is 2. The molecule has 0 radical (unpaired) electrons. The fourth-order valence-corrected chi connectivity index (χ4v) is 2.09. The standard InChI is InChI=1S/C15H16N2O5/c1-3-4-7-16-9(2)13-14(18)11-8-10(17(20)21)5-6-12(11)22-15(13)19/h5-6,8,18H,3-4,7H2,1-2H3. The molecular formula is C15H16N2O5. The van der Waals surface area contributed by atoms with Crippen molar-refractivity contribution < 1.29 is 14.4 Å². The molecule has 0 aliphatic rings. The van der Waals surface area contributed by atoms with Crippen LogP contribution in [0.2, 0.25) is 0 Å². The molecule has 1 aromatic carbocycles. The lowest BCUT2D eigenvalue weighted by Gasteiger charge is -2.06. The molecule has 0 amide bonds. The zero-order valence-corrected chi connectivity index (χ0v) is 12.3. The quantitative estimate of drug-likeness (QED) is 0.300. The van der Waals surface area contributed by atoms with Crippen molar-refractivity contribution in [1.82, 2.24) is 0 Å². The number of aliphatic imine (C=N–C) groups is 1. The van der Waals surface area contributed by atoms with Crippen LogP contribution in [0, 0.1) is 10.1 Å². The van der Waals surface area contributed by atoms with Crippen LogP contribution in [0.5, 0.6) is 5.75 Å². The van der Waals surface area contributed by atoms with Crippen LogP contribution in [0.15, 0.2) is 32.4 Å². The first kappa shape index (κ1) is 15.7. The van der Waals surface area contributed by atoms with Crippen LogP contribution in [0.25, 0.3) is 11.0 Å². The Balaban J connectivity index is 2.62. The first-order chi connectivity index (χ1) is 10.5. The van der Waals surface area contributed by atoms with Gasteiger partial charge in [0.25, 0.3) is 5.69 Å². The molecule has 0 aliphatic carbocycles. The fourth-order valence-electron chi connectivity index (χ4n) is 2.09. The second-order valence-electron chi connectivity index (χ2n) is 4.87. The predicted octanol–water partition coefficient (Wildman–Crippen LogP) is 3.02. The molecule has 0 bridgehead atoms. The largest absolute Gasteiger partial charge is 0.506 e. The normalized spacial score (nSPS) is 11.8. The number of fused-ring (bicyclic) bond motifs is 1. The Morgan fingerprint density at radius 3 is 2.82 bits per heavy atom. The van der Waals surface area contributed by atoms with Crippen LogP contribution in [0.3, 0.4) is 0 Å². The molecule has 7 heteroatoms. The average Bonchev–Trinajstić information content (AvgIpc) is 2.47. The maximum atomic E-state index is 12.0. The Bertz CT molecular complexity index is 807. The minimum Gasteiger partial charge on any atom is -0.506 e. The van der Waals surface area contributed by atoms with E-state index in [-0.39, 0.29) is 28.0 Å². The highest BCUT2D eigenvalue weighted by molar-refractivity contribution is 6.04. The Morgan fingerprint density at radius 1 is 1.45 bits per heavy atom. The Kier molecular flexibility index (Phi) is 4.55. The molecule has 1 aromatic heterocycles. The molecule has 2 rings (SSSR count). The van der Waals surface area contributed by atoms with Crippen LogP contribution in [-0.4, -0.2) is 22.3 Å². The number of nitro benzene ring substituents is 1. The van der Waals surface area contributed by atoms with E-state index in [0.717, 1.165) is 12.8 Å². The van der Waals surface area contributed by atoms with Gasteiger partial charge in [0, 0.05) is 18.7 Å². The summed E-state index contributed by atoms with van der Waals surface area (Å²) >= 11 is 0. The van der Waals surface area contributed by atoms with Gasteiger partial charge in [0.15, 0.2) is 0 Å². The van der Waals surface area contributed by atoms with Crippen LogP contribution < -0.4 is 5.63 Å². The van der Waals surface area contributed by atoms with Crippen molar-refractivity contribution in [3.63, 3.8) is 0 Å². The van der Waals surface area contributed by atoms with Crippen LogP contribution >= 0.6 is 0 Å². The van der Waals surface area contributed by atoms with E-state index in [2.05, 4.69) is 4.99 Å². The predicted molar refractivity (Wildman–Crippen MR) is 82.8 cm³/mol. The van der Waals surface area contributed by atoms with Crippen molar-refractivity contribution in [2.24, 2.45) is 4.99 Å². The number of nitro groups is 1. The molecule has 0 saturated carbocycles. The van der Waals surface area contributed by atoms with Gasteiger partial charge in [0.1, 0.15) is 16.9 Å². The van der Waals surface area contributed by atoms with Crippen molar-refractivity contribution >= 4 is 22.4 Å². The summed E-state index contributed by atoms with van der Waals surface area (Å²) in [6, 6.07) is 3.69. The van der Waals surface area contributed by atoms with Gasteiger partial charge in [-0.05, 0) is 19.4 Å². The zero-order valence-electron chi connectivity index (χ0n) is 12.3. The van der Waals surface area contributed by atoms with Gasteiger partial charge < -0.3 is 9.52 Å². The van der Waals surface area contributed by atoms with Crippen molar-refractivity contribution in [3.8, 4) is 5.75 Å². The van der Waals surface area contributed by atoms with Gasteiger partial charge in [-0.25, -0.2) is 4.79 Å². The molecule has 0 saturated heterocycles. The zero-order chi connectivity index (χ0) is 16.3. The number of aromatic hydroxyl groups is 1. The highest BCUT2D eigenvalue weighted by atomic mass is 16.6. The van der Waals surface area contributed by atoms with Crippen molar-refractivity contribution in [2.75, 3.05) is 6.54 Å². The maximum absolute atomic E-state index is 12.0. The Hall–Kier alpha value is -2.70. The lowest BCUT2D eigenvalue weighted by molar-refractivity contribution is -0.384.